The number of para-hydroxylation sites is 1. The zero-order valence-electron chi connectivity index (χ0n) is 15.4. The lowest BCUT2D eigenvalue weighted by molar-refractivity contribution is 0.101. The van der Waals surface area contributed by atoms with Crippen molar-refractivity contribution in [2.45, 2.75) is 20.3 Å². The van der Waals surface area contributed by atoms with Gasteiger partial charge < -0.3 is 15.1 Å². The summed E-state index contributed by atoms with van der Waals surface area (Å²) in [5.74, 6) is -0.00990. The molecule has 1 aliphatic heterocycles. The van der Waals surface area contributed by atoms with E-state index >= 15 is 0 Å². The number of hydrogen-bond acceptors (Lipinski definition) is 3. The van der Waals surface area contributed by atoms with Crippen molar-refractivity contribution >= 4 is 23.2 Å². The molecule has 26 heavy (non-hydrogen) atoms. The van der Waals surface area contributed by atoms with Crippen LogP contribution >= 0.6 is 0 Å². The zero-order chi connectivity index (χ0) is 18.5. The lowest BCUT2D eigenvalue weighted by Gasteiger charge is -2.37. The number of urea groups is 1. The highest BCUT2D eigenvalue weighted by molar-refractivity contribution is 5.96. The van der Waals surface area contributed by atoms with E-state index in [1.165, 1.54) is 18.2 Å². The van der Waals surface area contributed by atoms with Crippen molar-refractivity contribution in [3.8, 4) is 0 Å². The summed E-state index contributed by atoms with van der Waals surface area (Å²) < 4.78 is 0. The molecular formula is C21H25N3O2. The Morgan fingerprint density at radius 2 is 1.73 bits per heavy atom. The Hall–Kier alpha value is -2.82. The summed E-state index contributed by atoms with van der Waals surface area (Å²) in [5, 5.41) is 2.90. The van der Waals surface area contributed by atoms with Gasteiger partial charge in [0, 0.05) is 43.1 Å². The van der Waals surface area contributed by atoms with Crippen LogP contribution in [0.3, 0.4) is 0 Å². The van der Waals surface area contributed by atoms with E-state index in [9.17, 15) is 9.59 Å². The first-order valence-corrected chi connectivity index (χ1v) is 9.08. The molecule has 2 aromatic carbocycles. The van der Waals surface area contributed by atoms with Crippen LogP contribution in [-0.4, -0.2) is 42.9 Å². The Morgan fingerprint density at radius 1 is 1.00 bits per heavy atom. The predicted octanol–water partition coefficient (Wildman–Crippen LogP) is 3.81. The Bertz CT molecular complexity index is 795. The number of carbonyl (C=O) groups is 2. The fourth-order valence-electron chi connectivity index (χ4n) is 3.29. The molecule has 2 aromatic rings. The van der Waals surface area contributed by atoms with Gasteiger partial charge in [0.25, 0.3) is 0 Å². The van der Waals surface area contributed by atoms with Crippen LogP contribution in [0.4, 0.5) is 16.2 Å². The first-order valence-electron chi connectivity index (χ1n) is 9.08. The second-order valence-electron chi connectivity index (χ2n) is 6.52. The normalized spacial score (nSPS) is 14.2. The summed E-state index contributed by atoms with van der Waals surface area (Å²) >= 11 is 0. The maximum absolute atomic E-state index is 12.5. The minimum Gasteiger partial charge on any atom is -0.368 e. The van der Waals surface area contributed by atoms with Crippen LogP contribution in [0.25, 0.3) is 0 Å². The van der Waals surface area contributed by atoms with Crippen molar-refractivity contribution < 1.29 is 9.59 Å². The standard InChI is InChI=1S/C21H25N3O2/c1-3-17-7-4-5-10-20(17)23-11-13-24(14-12-23)21(26)22-19-9-6-8-18(15-19)16(2)25/h4-10,15H,3,11-14H2,1-2H3,(H,22,26). The van der Waals surface area contributed by atoms with E-state index in [0.717, 1.165) is 19.5 Å². The van der Waals surface area contributed by atoms with E-state index in [1.807, 2.05) is 4.90 Å². The lowest BCUT2D eigenvalue weighted by Crippen LogP contribution is -2.50. The maximum atomic E-state index is 12.5. The van der Waals surface area contributed by atoms with Crippen molar-refractivity contribution in [1.29, 1.82) is 0 Å². The van der Waals surface area contributed by atoms with Crippen molar-refractivity contribution in [1.82, 2.24) is 4.90 Å². The summed E-state index contributed by atoms with van der Waals surface area (Å²) in [6.45, 7) is 6.67. The van der Waals surface area contributed by atoms with E-state index < -0.39 is 0 Å². The Labute approximate surface area is 154 Å². The maximum Gasteiger partial charge on any atom is 0.321 e. The second-order valence-corrected chi connectivity index (χ2v) is 6.52. The SMILES string of the molecule is CCc1ccccc1N1CCN(C(=O)Nc2cccc(C(C)=O)c2)CC1. The molecule has 2 amide bonds. The number of nitrogens with zero attached hydrogens (tertiary/aromatic N) is 2. The summed E-state index contributed by atoms with van der Waals surface area (Å²) in [6, 6.07) is 15.4. The van der Waals surface area contributed by atoms with Gasteiger partial charge in [0.2, 0.25) is 0 Å². The third-order valence-corrected chi connectivity index (χ3v) is 4.80. The van der Waals surface area contributed by atoms with Crippen molar-refractivity contribution in [2.75, 3.05) is 36.4 Å². The van der Waals surface area contributed by atoms with Gasteiger partial charge in [0.15, 0.2) is 5.78 Å². The van der Waals surface area contributed by atoms with E-state index in [4.69, 9.17) is 0 Å². The number of Topliss-reactive ketones (excluding diaryl/α,β-unsaturated/α-hetero) is 1. The molecule has 0 radical (unpaired) electrons. The van der Waals surface area contributed by atoms with Gasteiger partial charge in [-0.3, -0.25) is 4.79 Å². The predicted molar refractivity (Wildman–Crippen MR) is 105 cm³/mol. The molecule has 0 aromatic heterocycles. The molecule has 0 atom stereocenters. The summed E-state index contributed by atoms with van der Waals surface area (Å²) in [7, 11) is 0. The van der Waals surface area contributed by atoms with Crippen LogP contribution in [0.1, 0.15) is 29.8 Å². The summed E-state index contributed by atoms with van der Waals surface area (Å²) in [5.41, 5.74) is 3.86. The molecule has 0 spiro atoms. The van der Waals surface area contributed by atoms with Crippen LogP contribution < -0.4 is 10.2 Å². The summed E-state index contributed by atoms with van der Waals surface area (Å²) in [6.07, 6.45) is 1.00. The Kier molecular flexibility index (Phi) is 5.56. The average molecular weight is 351 g/mol. The van der Waals surface area contributed by atoms with Gasteiger partial charge in [-0.2, -0.15) is 0 Å². The number of piperazine rings is 1. The molecule has 0 aliphatic carbocycles. The highest BCUT2D eigenvalue weighted by atomic mass is 16.2. The molecule has 1 heterocycles. The molecular weight excluding hydrogens is 326 g/mol. The van der Waals surface area contributed by atoms with Crippen LogP contribution in [-0.2, 0) is 6.42 Å². The average Bonchev–Trinajstić information content (AvgIpc) is 2.68. The van der Waals surface area contributed by atoms with Crippen LogP contribution in [0, 0.1) is 0 Å². The smallest absolute Gasteiger partial charge is 0.321 e. The highest BCUT2D eigenvalue weighted by Crippen LogP contribution is 2.22. The van der Waals surface area contributed by atoms with Gasteiger partial charge in [0.05, 0.1) is 0 Å². The third kappa shape index (κ3) is 4.04. The largest absolute Gasteiger partial charge is 0.368 e. The van der Waals surface area contributed by atoms with E-state index in [0.29, 0.717) is 24.3 Å². The van der Waals surface area contributed by atoms with Crippen LogP contribution in [0.15, 0.2) is 48.5 Å². The Balaban J connectivity index is 1.60. The molecule has 5 heteroatoms. The van der Waals surface area contributed by atoms with Gasteiger partial charge in [0.1, 0.15) is 0 Å². The topological polar surface area (TPSA) is 52.6 Å². The van der Waals surface area contributed by atoms with Gasteiger partial charge in [-0.25, -0.2) is 4.79 Å². The molecule has 136 valence electrons. The van der Waals surface area contributed by atoms with Crippen molar-refractivity contribution in [3.63, 3.8) is 0 Å². The number of carbonyl (C=O) groups excluding carboxylic acids is 2. The number of amides is 2. The molecule has 1 fully saturated rings. The molecule has 1 saturated heterocycles. The fraction of sp³-hybridized carbons (Fsp3) is 0.333. The molecule has 5 nitrogen and oxygen atoms in total. The van der Waals surface area contributed by atoms with E-state index in [2.05, 4.69) is 41.4 Å². The minimum absolute atomic E-state index is 0.00990. The van der Waals surface area contributed by atoms with Crippen molar-refractivity contribution in [2.24, 2.45) is 0 Å². The molecule has 0 unspecified atom stereocenters. The van der Waals surface area contributed by atoms with Gasteiger partial charge in [-0.15, -0.1) is 0 Å². The zero-order valence-corrected chi connectivity index (χ0v) is 15.4. The molecule has 1 aliphatic rings. The van der Waals surface area contributed by atoms with E-state index in [-0.39, 0.29) is 11.8 Å². The lowest BCUT2D eigenvalue weighted by atomic mass is 10.1. The number of aryl methyl sites for hydroxylation is 1. The Morgan fingerprint density at radius 3 is 2.42 bits per heavy atom. The van der Waals surface area contributed by atoms with Crippen LogP contribution in [0.5, 0.6) is 0 Å². The molecule has 3 rings (SSSR count). The molecule has 1 N–H and O–H groups in total. The van der Waals surface area contributed by atoms with Crippen molar-refractivity contribution in [3.05, 3.63) is 59.7 Å². The summed E-state index contributed by atoms with van der Waals surface area (Å²) in [4.78, 5) is 28.2. The van der Waals surface area contributed by atoms with Gasteiger partial charge in [-0.05, 0) is 37.1 Å². The van der Waals surface area contributed by atoms with Crippen LogP contribution in [0.2, 0.25) is 0 Å². The number of anilines is 2. The first kappa shape index (κ1) is 18.0. The number of ketones is 1. The highest BCUT2D eigenvalue weighted by Gasteiger charge is 2.22. The monoisotopic (exact) mass is 351 g/mol. The fourth-order valence-corrected chi connectivity index (χ4v) is 3.29. The molecule has 0 saturated carbocycles. The van der Waals surface area contributed by atoms with Gasteiger partial charge >= 0.3 is 6.03 Å². The number of nitrogens with one attached hydrogen (secondary N) is 1. The van der Waals surface area contributed by atoms with Gasteiger partial charge in [-0.1, -0.05) is 37.3 Å². The van der Waals surface area contributed by atoms with E-state index in [1.54, 1.807) is 24.3 Å². The number of hydrogen-bond donors (Lipinski definition) is 1. The number of benzene rings is 2. The third-order valence-electron chi connectivity index (χ3n) is 4.80. The quantitative estimate of drug-likeness (QED) is 0.853. The number of rotatable bonds is 4. The first-order chi connectivity index (χ1) is 12.6. The molecule has 0 bridgehead atoms. The second kappa shape index (κ2) is 8.04. The minimum atomic E-state index is -0.117.